The molecule has 4 rings (SSSR count). The monoisotopic (exact) mass is 468 g/mol. The molecule has 0 radical (unpaired) electrons. The summed E-state index contributed by atoms with van der Waals surface area (Å²) in [6.45, 7) is 5.29. The van der Waals surface area contributed by atoms with E-state index >= 15 is 0 Å². The molecule has 0 bridgehead atoms. The van der Waals surface area contributed by atoms with Gasteiger partial charge in [-0.25, -0.2) is 9.13 Å². The van der Waals surface area contributed by atoms with Crippen molar-refractivity contribution in [2.75, 3.05) is 0 Å². The lowest BCUT2D eigenvalue weighted by atomic mass is 10.1. The highest BCUT2D eigenvalue weighted by Gasteiger charge is 2.20. The third-order valence-electron chi connectivity index (χ3n) is 5.16. The number of Topliss-reactive ketones (excluding diaryl/α,β-unsaturated/α-hetero) is 1. The number of aryl methyl sites for hydroxylation is 2. The number of halogens is 2. The number of hydrogen-bond acceptors (Lipinski definition) is 1. The van der Waals surface area contributed by atoms with E-state index in [1.807, 2.05) is 17.0 Å². The van der Waals surface area contributed by atoms with Crippen LogP contribution in [-0.4, -0.2) is 10.4 Å². The lowest BCUT2D eigenvalue weighted by molar-refractivity contribution is -0.663. The van der Waals surface area contributed by atoms with Gasteiger partial charge in [-0.3, -0.25) is 4.79 Å². The summed E-state index contributed by atoms with van der Waals surface area (Å²) in [4.78, 5) is 12.8. The van der Waals surface area contributed by atoms with Crippen molar-refractivity contribution in [3.05, 3.63) is 100 Å². The Hall–Kier alpha value is -2.43. The van der Waals surface area contributed by atoms with Crippen LogP contribution in [-0.2, 0) is 13.1 Å². The summed E-state index contributed by atoms with van der Waals surface area (Å²) >= 11 is 5.95. The third kappa shape index (κ3) is 4.60. The molecule has 0 saturated carbocycles. The second kappa shape index (κ2) is 8.93. The van der Waals surface area contributed by atoms with Crippen LogP contribution in [0.5, 0.6) is 0 Å². The van der Waals surface area contributed by atoms with E-state index in [9.17, 15) is 4.79 Å². The van der Waals surface area contributed by atoms with Gasteiger partial charge >= 0.3 is 0 Å². The van der Waals surface area contributed by atoms with Crippen LogP contribution >= 0.6 is 11.6 Å². The van der Waals surface area contributed by atoms with Gasteiger partial charge in [0.1, 0.15) is 6.54 Å². The predicted octanol–water partition coefficient (Wildman–Crippen LogP) is 2.13. The minimum atomic E-state index is 0. The third-order valence-corrected chi connectivity index (χ3v) is 5.42. The largest absolute Gasteiger partial charge is 1.00 e. The van der Waals surface area contributed by atoms with E-state index in [1.165, 1.54) is 16.7 Å². The first kappa shape index (κ1) is 21.3. The van der Waals surface area contributed by atoms with Crippen molar-refractivity contribution in [3.8, 4) is 0 Å². The number of nitrogens with zero attached hydrogens (tertiary/aromatic N) is 2. The van der Waals surface area contributed by atoms with Gasteiger partial charge in [0.25, 0.3) is 0 Å². The Morgan fingerprint density at radius 3 is 2.31 bits per heavy atom. The van der Waals surface area contributed by atoms with Gasteiger partial charge < -0.3 is 17.0 Å². The van der Waals surface area contributed by atoms with Crippen molar-refractivity contribution in [1.29, 1.82) is 0 Å². The summed E-state index contributed by atoms with van der Waals surface area (Å²) in [7, 11) is 0. The zero-order valence-corrected chi connectivity index (χ0v) is 18.7. The van der Waals surface area contributed by atoms with E-state index < -0.39 is 0 Å². The summed E-state index contributed by atoms with van der Waals surface area (Å²) in [5.74, 6) is 0.0682. The Bertz CT molecular complexity index is 1150. The maximum absolute atomic E-state index is 12.8. The lowest BCUT2D eigenvalue weighted by Crippen LogP contribution is -3.00. The van der Waals surface area contributed by atoms with Crippen LogP contribution in [0.15, 0.2) is 73.1 Å². The molecule has 148 valence electrons. The Labute approximate surface area is 186 Å². The molecule has 1 aromatic heterocycles. The van der Waals surface area contributed by atoms with E-state index in [0.717, 1.165) is 17.6 Å². The van der Waals surface area contributed by atoms with Gasteiger partial charge in [0.05, 0.1) is 0 Å². The van der Waals surface area contributed by atoms with Crippen molar-refractivity contribution in [2.45, 2.75) is 26.9 Å². The van der Waals surface area contributed by atoms with Crippen molar-refractivity contribution in [3.63, 3.8) is 0 Å². The number of benzene rings is 3. The topological polar surface area (TPSA) is 25.9 Å². The summed E-state index contributed by atoms with van der Waals surface area (Å²) in [6.07, 6.45) is 2.05. The summed E-state index contributed by atoms with van der Waals surface area (Å²) in [6, 6.07) is 21.8. The fraction of sp³-hybridized carbons (Fsp3) is 0.167. The Kier molecular flexibility index (Phi) is 6.56. The average molecular weight is 470 g/mol. The van der Waals surface area contributed by atoms with Crippen LogP contribution < -0.4 is 21.5 Å². The Balaban J connectivity index is 0.00000240. The van der Waals surface area contributed by atoms with E-state index in [-0.39, 0.29) is 22.8 Å². The van der Waals surface area contributed by atoms with Crippen molar-refractivity contribution in [2.24, 2.45) is 0 Å². The van der Waals surface area contributed by atoms with E-state index in [2.05, 4.69) is 54.8 Å². The Morgan fingerprint density at radius 1 is 0.966 bits per heavy atom. The average Bonchev–Trinajstić information content (AvgIpc) is 2.99. The highest BCUT2D eigenvalue weighted by atomic mass is 79.9. The van der Waals surface area contributed by atoms with Crippen molar-refractivity contribution in [1.82, 2.24) is 4.57 Å². The summed E-state index contributed by atoms with van der Waals surface area (Å²) < 4.78 is 4.26. The van der Waals surface area contributed by atoms with Gasteiger partial charge in [0.2, 0.25) is 12.1 Å². The molecule has 0 aliphatic carbocycles. The fourth-order valence-electron chi connectivity index (χ4n) is 3.45. The first-order chi connectivity index (χ1) is 13.5. The van der Waals surface area contributed by atoms with E-state index in [0.29, 0.717) is 17.1 Å². The van der Waals surface area contributed by atoms with Gasteiger partial charge in [0, 0.05) is 10.6 Å². The molecular weight excluding hydrogens is 448 g/mol. The van der Waals surface area contributed by atoms with Crippen LogP contribution in [0.25, 0.3) is 11.0 Å². The quantitative estimate of drug-likeness (QED) is 0.325. The number of fused-ring (bicyclic) bond motifs is 1. The lowest BCUT2D eigenvalue weighted by Gasteiger charge is -2.02. The molecular formula is C24H22BrClN2O. The maximum Gasteiger partial charge on any atom is 0.245 e. The highest BCUT2D eigenvalue weighted by molar-refractivity contribution is 6.30. The fourth-order valence-corrected chi connectivity index (χ4v) is 3.58. The predicted molar refractivity (Wildman–Crippen MR) is 113 cm³/mol. The zero-order valence-electron chi connectivity index (χ0n) is 16.4. The molecule has 0 unspecified atom stereocenters. The molecule has 0 N–H and O–H groups in total. The van der Waals surface area contributed by atoms with Gasteiger partial charge in [0.15, 0.2) is 17.6 Å². The standard InChI is InChI=1S/C24H22ClN2O.BrH/c1-17-12-22-23(13-18(17)2)27(15-24(28)20-8-10-21(25)11-9-20)16-26(22)14-19-6-4-3-5-7-19;/h3-13,16H,14-15H2,1-2H3;1H/q+1;/p-1. The minimum absolute atomic E-state index is 0. The molecule has 3 nitrogen and oxygen atoms in total. The molecule has 0 atom stereocenters. The molecule has 0 amide bonds. The molecule has 0 aliphatic rings. The first-order valence-electron chi connectivity index (χ1n) is 9.33. The number of rotatable bonds is 5. The van der Waals surface area contributed by atoms with Gasteiger partial charge in [-0.2, -0.15) is 0 Å². The molecule has 0 fully saturated rings. The number of carbonyl (C=O) groups excluding carboxylic acids is 1. The SMILES string of the molecule is Cc1cc2c(cc1C)[n+](Cc1ccccc1)cn2CC(=O)c1ccc(Cl)cc1.[Br-]. The molecule has 0 aliphatic heterocycles. The van der Waals surface area contributed by atoms with Crippen LogP contribution in [0.3, 0.4) is 0 Å². The molecule has 3 aromatic carbocycles. The van der Waals surface area contributed by atoms with Crippen molar-refractivity contribution < 1.29 is 26.3 Å². The normalized spacial score (nSPS) is 10.7. The molecule has 1 heterocycles. The number of ketones is 1. The van der Waals surface area contributed by atoms with Crippen LogP contribution in [0.1, 0.15) is 27.0 Å². The van der Waals surface area contributed by atoms with E-state index in [1.54, 1.807) is 24.3 Å². The van der Waals surface area contributed by atoms with Crippen molar-refractivity contribution >= 4 is 28.4 Å². The number of aromatic nitrogens is 2. The first-order valence-corrected chi connectivity index (χ1v) is 9.71. The zero-order chi connectivity index (χ0) is 19.7. The molecule has 5 heteroatoms. The molecule has 29 heavy (non-hydrogen) atoms. The van der Waals surface area contributed by atoms with Crippen LogP contribution in [0.2, 0.25) is 5.02 Å². The van der Waals surface area contributed by atoms with Gasteiger partial charge in [-0.1, -0.05) is 41.9 Å². The van der Waals surface area contributed by atoms with E-state index in [4.69, 9.17) is 11.6 Å². The summed E-state index contributed by atoms with van der Waals surface area (Å²) in [5, 5.41) is 0.634. The van der Waals surface area contributed by atoms with Gasteiger partial charge in [-0.15, -0.1) is 0 Å². The number of imidazole rings is 1. The van der Waals surface area contributed by atoms with Gasteiger partial charge in [-0.05, 0) is 66.9 Å². The maximum atomic E-state index is 12.8. The minimum Gasteiger partial charge on any atom is -1.00 e. The highest BCUT2D eigenvalue weighted by Crippen LogP contribution is 2.19. The van der Waals surface area contributed by atoms with Crippen LogP contribution in [0, 0.1) is 13.8 Å². The number of hydrogen-bond donors (Lipinski definition) is 0. The second-order valence-corrected chi connectivity index (χ2v) is 7.65. The molecule has 0 spiro atoms. The molecule has 0 saturated heterocycles. The number of carbonyl (C=O) groups is 1. The summed E-state index contributed by atoms with van der Waals surface area (Å²) in [5.41, 5.74) is 6.57. The molecule has 4 aromatic rings. The van der Waals surface area contributed by atoms with Crippen LogP contribution in [0.4, 0.5) is 0 Å². The second-order valence-electron chi connectivity index (χ2n) is 7.21. The Morgan fingerprint density at radius 2 is 1.62 bits per heavy atom. The smallest absolute Gasteiger partial charge is 0.245 e.